The topological polar surface area (TPSA) is 78.2 Å². The van der Waals surface area contributed by atoms with E-state index < -0.39 is 15.9 Å². The molecule has 0 spiro atoms. The summed E-state index contributed by atoms with van der Waals surface area (Å²) < 4.78 is 27.0. The normalized spacial score (nSPS) is 10.6. The fourth-order valence-corrected chi connectivity index (χ4v) is 2.73. The van der Waals surface area contributed by atoms with Crippen LogP contribution in [0.4, 0.5) is 0 Å². The fourth-order valence-electron chi connectivity index (χ4n) is 1.37. The molecule has 9 heteroatoms. The minimum Gasteiger partial charge on any atom is -0.537 e. The van der Waals surface area contributed by atoms with Crippen LogP contribution in [0.2, 0.25) is 10.0 Å². The van der Waals surface area contributed by atoms with E-state index in [4.69, 9.17) is 23.2 Å². The van der Waals surface area contributed by atoms with Crippen LogP contribution in [-0.4, -0.2) is 19.3 Å². The van der Waals surface area contributed by atoms with E-state index in [-0.39, 0.29) is 45.0 Å². The summed E-state index contributed by atoms with van der Waals surface area (Å²) in [6.07, 6.45) is 2.52. The molecule has 21 heavy (non-hydrogen) atoms. The number of benzene rings is 1. The molecule has 0 aliphatic carbocycles. The van der Waals surface area contributed by atoms with Crippen LogP contribution >= 0.6 is 23.2 Å². The van der Waals surface area contributed by atoms with E-state index in [1.807, 2.05) is 0 Å². The van der Waals surface area contributed by atoms with Gasteiger partial charge in [0.15, 0.2) is 0 Å². The van der Waals surface area contributed by atoms with Gasteiger partial charge in [-0.15, -0.1) is 0 Å². The first-order valence-electron chi connectivity index (χ1n) is 5.27. The van der Waals surface area contributed by atoms with E-state index in [9.17, 15) is 13.2 Å². The summed E-state index contributed by atoms with van der Waals surface area (Å²) in [6.45, 7) is 0. The Kier molecular flexibility index (Phi) is 6.65. The van der Waals surface area contributed by atoms with Gasteiger partial charge >= 0.3 is 29.6 Å². The number of carbonyl (C=O) groups is 1. The van der Waals surface area contributed by atoms with E-state index in [0.29, 0.717) is 5.02 Å². The molecule has 5 nitrogen and oxygen atoms in total. The Morgan fingerprint density at radius 2 is 1.90 bits per heavy atom. The molecule has 1 heterocycles. The molecule has 0 fully saturated rings. The van der Waals surface area contributed by atoms with Crippen molar-refractivity contribution >= 4 is 39.1 Å². The van der Waals surface area contributed by atoms with Crippen molar-refractivity contribution in [2.45, 2.75) is 4.90 Å². The molecule has 0 N–H and O–H groups in total. The van der Waals surface area contributed by atoms with Gasteiger partial charge in [0.25, 0.3) is 0 Å². The van der Waals surface area contributed by atoms with Crippen molar-refractivity contribution in [1.29, 1.82) is 0 Å². The average molecular weight is 353 g/mol. The van der Waals surface area contributed by atoms with Crippen LogP contribution in [0.3, 0.4) is 0 Å². The van der Waals surface area contributed by atoms with Crippen molar-refractivity contribution in [3.63, 3.8) is 0 Å². The summed E-state index contributed by atoms with van der Waals surface area (Å²) in [7, 11) is -4.11. The number of amides is 1. The van der Waals surface area contributed by atoms with Crippen molar-refractivity contribution in [2.75, 3.05) is 0 Å². The zero-order valence-electron chi connectivity index (χ0n) is 10.8. The number of halogens is 2. The first-order valence-corrected chi connectivity index (χ1v) is 7.47. The third-order valence-electron chi connectivity index (χ3n) is 2.30. The molecule has 1 amide bonds. The zero-order chi connectivity index (χ0) is 14.8. The summed E-state index contributed by atoms with van der Waals surface area (Å²) in [6, 6.07) is 6.80. The third kappa shape index (κ3) is 4.67. The molecule has 0 saturated heterocycles. The first kappa shape index (κ1) is 18.4. The fraction of sp³-hybridized carbons (Fsp3) is 0. The maximum Gasteiger partial charge on any atom is 1.00 e. The third-order valence-corrected chi connectivity index (χ3v) is 4.09. The molecule has 1 aromatic carbocycles. The molecular formula is C12H7Cl2N2NaO3S. The molecule has 0 unspecified atom stereocenters. The zero-order valence-corrected chi connectivity index (χ0v) is 15.2. The molecule has 0 aliphatic heterocycles. The van der Waals surface area contributed by atoms with Crippen LogP contribution in [0.1, 0.15) is 10.4 Å². The van der Waals surface area contributed by atoms with E-state index >= 15 is 0 Å². The van der Waals surface area contributed by atoms with E-state index in [1.54, 1.807) is 0 Å². The molecule has 0 aliphatic rings. The largest absolute Gasteiger partial charge is 1.00 e. The SMILES string of the molecule is O=C([N-]S(=O)(=O)c1cccnc1)c1ccc(Cl)cc1Cl.[Na+]. The van der Waals surface area contributed by atoms with Gasteiger partial charge in [-0.3, -0.25) is 4.98 Å². The Morgan fingerprint density at radius 3 is 2.48 bits per heavy atom. The van der Waals surface area contributed by atoms with E-state index in [1.165, 1.54) is 36.5 Å². The number of hydrogen-bond acceptors (Lipinski definition) is 4. The van der Waals surface area contributed by atoms with Gasteiger partial charge < -0.3 is 9.52 Å². The molecule has 0 radical (unpaired) electrons. The number of nitrogens with zero attached hydrogens (tertiary/aromatic N) is 2. The Morgan fingerprint density at radius 1 is 1.19 bits per heavy atom. The van der Waals surface area contributed by atoms with Crippen LogP contribution < -0.4 is 29.6 Å². The van der Waals surface area contributed by atoms with Crippen molar-refractivity contribution in [1.82, 2.24) is 4.98 Å². The van der Waals surface area contributed by atoms with Crippen molar-refractivity contribution in [2.24, 2.45) is 0 Å². The number of rotatable bonds is 3. The maximum atomic E-state index is 11.9. The predicted octanol–water partition coefficient (Wildman–Crippen LogP) is 0.295. The number of hydrogen-bond donors (Lipinski definition) is 0. The van der Waals surface area contributed by atoms with Gasteiger partial charge in [-0.1, -0.05) is 23.2 Å². The number of sulfonamides is 1. The second-order valence-electron chi connectivity index (χ2n) is 3.68. The first-order chi connectivity index (χ1) is 9.40. The van der Waals surface area contributed by atoms with Gasteiger partial charge in [-0.05, 0) is 30.3 Å². The number of aromatic nitrogens is 1. The average Bonchev–Trinajstić information content (AvgIpc) is 2.39. The predicted molar refractivity (Wildman–Crippen MR) is 75.6 cm³/mol. The van der Waals surface area contributed by atoms with E-state index in [0.717, 1.165) is 6.20 Å². The van der Waals surface area contributed by atoms with Gasteiger partial charge in [0.2, 0.25) is 0 Å². The summed E-state index contributed by atoms with van der Waals surface area (Å²) in [5.41, 5.74) is -0.0384. The van der Waals surface area contributed by atoms with Crippen LogP contribution in [0.25, 0.3) is 4.72 Å². The van der Waals surface area contributed by atoms with Crippen LogP contribution in [0, 0.1) is 0 Å². The Balaban J connectivity index is 0.00000220. The van der Waals surface area contributed by atoms with Gasteiger partial charge in [0.05, 0.1) is 15.8 Å². The minimum absolute atomic E-state index is 0. The van der Waals surface area contributed by atoms with Crippen LogP contribution in [0.5, 0.6) is 0 Å². The monoisotopic (exact) mass is 352 g/mol. The van der Waals surface area contributed by atoms with Crippen molar-refractivity contribution < 1.29 is 42.8 Å². The number of carbonyl (C=O) groups excluding carboxylic acids is 1. The standard InChI is InChI=1S/C12H8Cl2N2O3S.Na/c13-8-3-4-10(11(14)6-8)12(17)16-20(18,19)9-2-1-5-15-7-9;/h1-7H,(H,16,17);/q;+1/p-1. The molecular weight excluding hydrogens is 346 g/mol. The summed E-state index contributed by atoms with van der Waals surface area (Å²) in [5, 5.41) is 0.370. The molecule has 2 rings (SSSR count). The van der Waals surface area contributed by atoms with Crippen molar-refractivity contribution in [3.05, 3.63) is 63.1 Å². The van der Waals surface area contributed by atoms with Gasteiger partial charge in [-0.25, -0.2) is 8.42 Å². The smallest absolute Gasteiger partial charge is 0.537 e. The molecule has 0 saturated carbocycles. The second kappa shape index (κ2) is 7.58. The Hall–Kier alpha value is -0.630. The van der Waals surface area contributed by atoms with Gasteiger partial charge in [-0.2, -0.15) is 0 Å². The number of pyridine rings is 1. The Bertz CT molecular complexity index is 754. The molecule has 0 bridgehead atoms. The van der Waals surface area contributed by atoms with E-state index in [2.05, 4.69) is 9.71 Å². The summed E-state index contributed by atoms with van der Waals surface area (Å²) >= 11 is 11.5. The van der Waals surface area contributed by atoms with Crippen molar-refractivity contribution in [3.8, 4) is 0 Å². The van der Waals surface area contributed by atoms with Crippen LogP contribution in [0.15, 0.2) is 47.6 Å². The quantitative estimate of drug-likeness (QED) is 0.744. The second-order valence-corrected chi connectivity index (χ2v) is 6.13. The molecule has 1 aromatic heterocycles. The van der Waals surface area contributed by atoms with Gasteiger partial charge in [0.1, 0.15) is 10.0 Å². The molecule has 2 aromatic rings. The minimum atomic E-state index is -4.11. The molecule has 104 valence electrons. The van der Waals surface area contributed by atoms with Gasteiger partial charge in [0, 0.05) is 23.0 Å². The molecule has 0 atom stereocenters. The summed E-state index contributed by atoms with van der Waals surface area (Å²) in [4.78, 5) is 15.4. The van der Waals surface area contributed by atoms with Crippen LogP contribution in [-0.2, 0) is 10.0 Å². The maximum absolute atomic E-state index is 11.9. The summed E-state index contributed by atoms with van der Waals surface area (Å²) in [5.74, 6) is -0.962. The Labute approximate surface area is 154 Å².